The monoisotopic (exact) mass is 642 g/mol. The Hall–Kier alpha value is -2.68. The average molecular weight is 644 g/mol. The molecule has 1 heterocycles. The van der Waals surface area contributed by atoms with Gasteiger partial charge in [0.15, 0.2) is 11.6 Å². The Morgan fingerprint density at radius 1 is 0.842 bits per heavy atom. The van der Waals surface area contributed by atoms with Gasteiger partial charge in [0.05, 0.1) is 6.54 Å². The van der Waals surface area contributed by atoms with Crippen molar-refractivity contribution in [3.63, 3.8) is 0 Å². The summed E-state index contributed by atoms with van der Waals surface area (Å²) in [5, 5.41) is 0. The summed E-state index contributed by atoms with van der Waals surface area (Å²) < 4.78 is 16.2. The Labute approximate surface area is 239 Å². The summed E-state index contributed by atoms with van der Waals surface area (Å²) >= 11 is 7.00. The van der Waals surface area contributed by atoms with Gasteiger partial charge in [-0.05, 0) is 36.2 Å². The van der Waals surface area contributed by atoms with E-state index in [1.165, 1.54) is 11.0 Å². The molecule has 0 aromatic heterocycles. The standard InChI is InChI=1S/C30H29Br2FN2O3/c1-18-19(11-8-14-26(18)33)28-22(29(37)20-9-4-6-12-24(20)31)15-35(17-27(36)34(2)3)16-23(28)30(38)21-10-5-7-13-25(21)32/h4-14,22-23,28H,15-17H2,1-3H3/t22-,23-/m0/s1. The number of hydrogen-bond acceptors (Lipinski definition) is 4. The minimum absolute atomic E-state index is 0.0708. The fraction of sp³-hybridized carbons (Fsp3) is 0.300. The van der Waals surface area contributed by atoms with Gasteiger partial charge in [-0.15, -0.1) is 0 Å². The number of likely N-dealkylation sites (tertiary alicyclic amines) is 1. The van der Waals surface area contributed by atoms with Gasteiger partial charge in [-0.2, -0.15) is 0 Å². The average Bonchev–Trinajstić information content (AvgIpc) is 2.89. The van der Waals surface area contributed by atoms with Crippen LogP contribution in [0.25, 0.3) is 0 Å². The Morgan fingerprint density at radius 2 is 1.34 bits per heavy atom. The molecule has 5 nitrogen and oxygen atoms in total. The molecular formula is C30H29Br2FN2O3. The lowest BCUT2D eigenvalue weighted by Crippen LogP contribution is -2.52. The summed E-state index contributed by atoms with van der Waals surface area (Å²) in [7, 11) is 3.36. The van der Waals surface area contributed by atoms with Crippen molar-refractivity contribution in [2.45, 2.75) is 12.8 Å². The molecule has 0 bridgehead atoms. The normalized spacial score (nSPS) is 18.3. The number of carbonyl (C=O) groups is 3. The van der Waals surface area contributed by atoms with E-state index in [0.717, 1.165) is 0 Å². The number of halogens is 3. The number of hydrogen-bond donors (Lipinski definition) is 0. The SMILES string of the molecule is Cc1c(F)cccc1C1[C@@H](C(=O)c2ccccc2Br)CN(CC(=O)N(C)C)C[C@@H]1C(=O)c1ccccc1Br. The molecule has 4 rings (SSSR count). The van der Waals surface area contributed by atoms with Gasteiger partial charge in [-0.3, -0.25) is 19.3 Å². The number of benzene rings is 3. The van der Waals surface area contributed by atoms with Crippen LogP contribution >= 0.6 is 31.9 Å². The van der Waals surface area contributed by atoms with Crippen molar-refractivity contribution >= 4 is 49.3 Å². The van der Waals surface area contributed by atoms with Crippen LogP contribution in [-0.2, 0) is 4.79 Å². The van der Waals surface area contributed by atoms with Crippen molar-refractivity contribution in [1.29, 1.82) is 0 Å². The first-order chi connectivity index (χ1) is 18.1. The van der Waals surface area contributed by atoms with E-state index in [-0.39, 0.29) is 42.9 Å². The Kier molecular flexibility index (Phi) is 8.96. The van der Waals surface area contributed by atoms with Gasteiger partial charge in [-0.25, -0.2) is 4.39 Å². The highest BCUT2D eigenvalue weighted by Crippen LogP contribution is 2.43. The highest BCUT2D eigenvalue weighted by atomic mass is 79.9. The fourth-order valence-electron chi connectivity index (χ4n) is 5.23. The Balaban J connectivity index is 1.89. The Morgan fingerprint density at radius 3 is 1.82 bits per heavy atom. The van der Waals surface area contributed by atoms with E-state index >= 15 is 0 Å². The number of nitrogens with zero attached hydrogens (tertiary/aromatic N) is 2. The summed E-state index contributed by atoms with van der Waals surface area (Å²) in [6.45, 7) is 2.29. The van der Waals surface area contributed by atoms with Crippen LogP contribution in [0.1, 0.15) is 37.8 Å². The van der Waals surface area contributed by atoms with Crippen molar-refractivity contribution in [3.05, 3.63) is 104 Å². The van der Waals surface area contributed by atoms with E-state index in [9.17, 15) is 18.8 Å². The minimum atomic E-state index is -0.686. The van der Waals surface area contributed by atoms with Crippen LogP contribution in [0.4, 0.5) is 4.39 Å². The molecule has 198 valence electrons. The number of rotatable bonds is 7. The predicted octanol–water partition coefficient (Wildman–Crippen LogP) is 6.14. The van der Waals surface area contributed by atoms with Gasteiger partial charge in [0, 0.05) is 65.0 Å². The third-order valence-corrected chi connectivity index (χ3v) is 8.64. The lowest BCUT2D eigenvalue weighted by atomic mass is 9.68. The van der Waals surface area contributed by atoms with E-state index < -0.39 is 17.8 Å². The molecular weight excluding hydrogens is 615 g/mol. The fourth-order valence-corrected chi connectivity index (χ4v) is 6.19. The van der Waals surface area contributed by atoms with Crippen molar-refractivity contribution < 1.29 is 18.8 Å². The first-order valence-corrected chi connectivity index (χ1v) is 13.9. The zero-order chi connectivity index (χ0) is 27.6. The lowest BCUT2D eigenvalue weighted by molar-refractivity contribution is -0.130. The largest absolute Gasteiger partial charge is 0.348 e. The van der Waals surface area contributed by atoms with Gasteiger partial charge in [0.25, 0.3) is 0 Å². The Bertz CT molecular complexity index is 1310. The number of carbonyl (C=O) groups excluding carboxylic acids is 3. The number of amides is 1. The molecule has 2 atom stereocenters. The summed E-state index contributed by atoms with van der Waals surface area (Å²) in [6, 6.07) is 19.2. The van der Waals surface area contributed by atoms with Crippen molar-refractivity contribution in [1.82, 2.24) is 9.80 Å². The summed E-state index contributed by atoms with van der Waals surface area (Å²) in [5.41, 5.74) is 2.04. The summed E-state index contributed by atoms with van der Waals surface area (Å²) in [6.07, 6.45) is 0. The van der Waals surface area contributed by atoms with Crippen LogP contribution in [0.3, 0.4) is 0 Å². The number of piperidine rings is 1. The van der Waals surface area contributed by atoms with E-state index in [1.807, 2.05) is 23.1 Å². The molecule has 0 N–H and O–H groups in total. The maximum Gasteiger partial charge on any atom is 0.236 e. The molecule has 0 saturated carbocycles. The van der Waals surface area contributed by atoms with Crippen molar-refractivity contribution in [2.24, 2.45) is 11.8 Å². The highest BCUT2D eigenvalue weighted by molar-refractivity contribution is 9.10. The van der Waals surface area contributed by atoms with Crippen LogP contribution in [0.5, 0.6) is 0 Å². The number of likely N-dealkylation sites (N-methyl/N-ethyl adjacent to an activating group) is 1. The van der Waals surface area contributed by atoms with Crippen LogP contribution in [0.2, 0.25) is 0 Å². The van der Waals surface area contributed by atoms with Crippen LogP contribution in [0, 0.1) is 24.6 Å². The molecule has 8 heteroatoms. The van der Waals surface area contributed by atoms with Crippen LogP contribution < -0.4 is 0 Å². The molecule has 0 radical (unpaired) electrons. The van der Waals surface area contributed by atoms with Crippen LogP contribution in [0.15, 0.2) is 75.7 Å². The summed E-state index contributed by atoms with van der Waals surface area (Å²) in [4.78, 5) is 44.4. The quantitative estimate of drug-likeness (QED) is 0.290. The second-order valence-corrected chi connectivity index (χ2v) is 11.6. The molecule has 0 spiro atoms. The zero-order valence-corrected chi connectivity index (χ0v) is 24.6. The molecule has 3 aromatic rings. The maximum atomic E-state index is 14.9. The predicted molar refractivity (Wildman–Crippen MR) is 153 cm³/mol. The highest BCUT2D eigenvalue weighted by Gasteiger charge is 2.46. The van der Waals surface area contributed by atoms with Crippen molar-refractivity contribution in [2.75, 3.05) is 33.7 Å². The second-order valence-electron chi connectivity index (χ2n) is 9.86. The topological polar surface area (TPSA) is 57.7 Å². The first-order valence-electron chi connectivity index (χ1n) is 12.3. The molecule has 0 aliphatic carbocycles. The molecule has 3 aromatic carbocycles. The van der Waals surface area contributed by atoms with Gasteiger partial charge in [-0.1, -0.05) is 80.4 Å². The third kappa shape index (κ3) is 5.82. The zero-order valence-electron chi connectivity index (χ0n) is 21.5. The summed E-state index contributed by atoms with van der Waals surface area (Å²) in [5.74, 6) is -2.77. The van der Waals surface area contributed by atoms with Gasteiger partial charge < -0.3 is 4.90 Å². The molecule has 1 aliphatic heterocycles. The second kappa shape index (κ2) is 12.0. The molecule has 38 heavy (non-hydrogen) atoms. The van der Waals surface area contributed by atoms with E-state index in [4.69, 9.17) is 0 Å². The molecule has 1 fully saturated rings. The maximum absolute atomic E-state index is 14.9. The number of Topliss-reactive ketones (excluding diaryl/α,β-unsaturated/α-hetero) is 2. The van der Waals surface area contributed by atoms with Crippen molar-refractivity contribution in [3.8, 4) is 0 Å². The molecule has 1 amide bonds. The number of ketones is 2. The lowest BCUT2D eigenvalue weighted by Gasteiger charge is -2.43. The van der Waals surface area contributed by atoms with Gasteiger partial charge in [0.1, 0.15) is 5.82 Å². The van der Waals surface area contributed by atoms with E-state index in [1.54, 1.807) is 63.5 Å². The van der Waals surface area contributed by atoms with Gasteiger partial charge in [0.2, 0.25) is 5.91 Å². The molecule has 1 saturated heterocycles. The van der Waals surface area contributed by atoms with Gasteiger partial charge >= 0.3 is 0 Å². The smallest absolute Gasteiger partial charge is 0.236 e. The minimum Gasteiger partial charge on any atom is -0.348 e. The molecule has 0 unspecified atom stereocenters. The van der Waals surface area contributed by atoms with Crippen LogP contribution in [-0.4, -0.2) is 61.0 Å². The van der Waals surface area contributed by atoms with E-state index in [2.05, 4.69) is 31.9 Å². The third-order valence-electron chi connectivity index (χ3n) is 7.26. The molecule has 1 aliphatic rings. The first kappa shape index (κ1) is 28.3. The van der Waals surface area contributed by atoms with E-state index in [0.29, 0.717) is 31.2 Å².